The Bertz CT molecular complexity index is 800. The fourth-order valence-electron chi connectivity index (χ4n) is 3.58. The molecule has 0 N–H and O–H groups in total. The van der Waals surface area contributed by atoms with Gasteiger partial charge in [-0.1, -0.05) is 42.5 Å². The smallest absolute Gasteiger partial charge is 0.167 e. The third kappa shape index (κ3) is 4.98. The normalized spacial score (nSPS) is 17.8. The maximum atomic E-state index is 12.9. The number of carbonyl (C=O) groups is 1. The summed E-state index contributed by atoms with van der Waals surface area (Å²) in [5.41, 5.74) is 1.81. The number of hydrogen-bond acceptors (Lipinski definition) is 4. The molecule has 0 radical (unpaired) electrons. The topological polar surface area (TPSA) is 38.8 Å². The molecule has 1 atom stereocenters. The molecule has 0 amide bonds. The summed E-state index contributed by atoms with van der Waals surface area (Å²) in [6, 6.07) is 15.4. The lowest BCUT2D eigenvalue weighted by atomic mass is 9.90. The molecule has 0 unspecified atom stereocenters. The molecule has 1 fully saturated rings. The zero-order valence-corrected chi connectivity index (χ0v) is 16.1. The first-order valence-corrected chi connectivity index (χ1v) is 9.41. The molecule has 1 aliphatic rings. The van der Waals surface area contributed by atoms with E-state index in [0.29, 0.717) is 0 Å². The predicted octanol–water partition coefficient (Wildman–Crippen LogP) is 4.31. The molecular weight excluding hydrogens is 338 g/mol. The van der Waals surface area contributed by atoms with E-state index in [1.54, 1.807) is 14.2 Å². The lowest BCUT2D eigenvalue weighted by Crippen LogP contribution is -2.38. The van der Waals surface area contributed by atoms with Gasteiger partial charge in [-0.05, 0) is 37.6 Å². The Kier molecular flexibility index (Phi) is 6.66. The Morgan fingerprint density at radius 3 is 2.81 bits per heavy atom. The number of hydrogen-bond donors (Lipinski definition) is 0. The van der Waals surface area contributed by atoms with Crippen LogP contribution in [-0.4, -0.2) is 44.5 Å². The Morgan fingerprint density at radius 2 is 2.00 bits per heavy atom. The standard InChI is InChI=1S/C23H27NO3/c1-26-21-12-5-9-19(16-21)23(25)20-11-7-15-24(17-20)14-6-10-18-8-3-4-13-22(18)27-2/h3-6,8-10,12-13,16,20H,7,11,14-15,17H2,1-2H3/b10-6+/t20-/m0/s1. The van der Waals surface area contributed by atoms with E-state index < -0.39 is 0 Å². The molecule has 0 bridgehead atoms. The Balaban J connectivity index is 1.60. The molecule has 4 heteroatoms. The average molecular weight is 365 g/mol. The molecule has 1 saturated heterocycles. The molecule has 1 heterocycles. The zero-order valence-electron chi connectivity index (χ0n) is 16.1. The molecule has 0 spiro atoms. The minimum Gasteiger partial charge on any atom is -0.497 e. The first kappa shape index (κ1) is 19.2. The van der Waals surface area contributed by atoms with Gasteiger partial charge < -0.3 is 9.47 Å². The van der Waals surface area contributed by atoms with E-state index in [1.807, 2.05) is 48.5 Å². The van der Waals surface area contributed by atoms with E-state index in [1.165, 1.54) is 0 Å². The number of Topliss-reactive ketones (excluding diaryl/α,β-unsaturated/α-hetero) is 1. The number of benzene rings is 2. The third-order valence-electron chi connectivity index (χ3n) is 5.03. The van der Waals surface area contributed by atoms with Gasteiger partial charge >= 0.3 is 0 Å². The van der Waals surface area contributed by atoms with Crippen LogP contribution in [0.5, 0.6) is 11.5 Å². The molecule has 0 aliphatic carbocycles. The van der Waals surface area contributed by atoms with Crippen LogP contribution in [0.1, 0.15) is 28.8 Å². The fourth-order valence-corrected chi connectivity index (χ4v) is 3.58. The van der Waals surface area contributed by atoms with Crippen molar-refractivity contribution in [1.82, 2.24) is 4.90 Å². The van der Waals surface area contributed by atoms with Crippen LogP contribution in [0.2, 0.25) is 0 Å². The van der Waals surface area contributed by atoms with Crippen molar-refractivity contribution >= 4 is 11.9 Å². The van der Waals surface area contributed by atoms with Crippen LogP contribution in [0, 0.1) is 5.92 Å². The van der Waals surface area contributed by atoms with E-state index in [9.17, 15) is 4.79 Å². The lowest BCUT2D eigenvalue weighted by Gasteiger charge is -2.31. The van der Waals surface area contributed by atoms with Gasteiger partial charge in [0.1, 0.15) is 11.5 Å². The number of rotatable bonds is 7. The van der Waals surface area contributed by atoms with Crippen LogP contribution in [-0.2, 0) is 0 Å². The number of ether oxygens (including phenoxy) is 2. The lowest BCUT2D eigenvalue weighted by molar-refractivity contribution is 0.0831. The van der Waals surface area contributed by atoms with Crippen molar-refractivity contribution in [1.29, 1.82) is 0 Å². The number of ketones is 1. The van der Waals surface area contributed by atoms with E-state index in [0.717, 1.165) is 55.1 Å². The Hall–Kier alpha value is -2.59. The first-order chi connectivity index (χ1) is 13.2. The second-order valence-electron chi connectivity index (χ2n) is 6.84. The van der Waals surface area contributed by atoms with Gasteiger partial charge in [0.15, 0.2) is 5.78 Å². The summed E-state index contributed by atoms with van der Waals surface area (Å²) in [7, 11) is 3.31. The van der Waals surface area contributed by atoms with Gasteiger partial charge in [-0.2, -0.15) is 0 Å². The first-order valence-electron chi connectivity index (χ1n) is 9.41. The van der Waals surface area contributed by atoms with Crippen molar-refractivity contribution in [2.45, 2.75) is 12.8 Å². The van der Waals surface area contributed by atoms with Crippen molar-refractivity contribution < 1.29 is 14.3 Å². The van der Waals surface area contributed by atoms with Crippen LogP contribution in [0.15, 0.2) is 54.6 Å². The van der Waals surface area contributed by atoms with Crippen molar-refractivity contribution in [3.8, 4) is 11.5 Å². The van der Waals surface area contributed by atoms with Crippen molar-refractivity contribution in [2.24, 2.45) is 5.92 Å². The highest BCUT2D eigenvalue weighted by molar-refractivity contribution is 5.98. The minimum atomic E-state index is 0.0468. The van der Waals surface area contributed by atoms with Gasteiger partial charge in [-0.15, -0.1) is 0 Å². The molecule has 2 aromatic carbocycles. The highest BCUT2D eigenvalue weighted by atomic mass is 16.5. The van der Waals surface area contributed by atoms with E-state index in [4.69, 9.17) is 9.47 Å². The number of carbonyl (C=O) groups excluding carboxylic acids is 1. The molecule has 3 rings (SSSR count). The molecule has 0 aromatic heterocycles. The summed E-state index contributed by atoms with van der Waals surface area (Å²) in [5, 5.41) is 0. The number of piperidine rings is 1. The van der Waals surface area contributed by atoms with Crippen LogP contribution in [0.25, 0.3) is 6.08 Å². The van der Waals surface area contributed by atoms with E-state index >= 15 is 0 Å². The van der Waals surface area contributed by atoms with Gasteiger partial charge in [-0.3, -0.25) is 9.69 Å². The van der Waals surface area contributed by atoms with Gasteiger partial charge in [0.05, 0.1) is 14.2 Å². The summed E-state index contributed by atoms with van der Waals surface area (Å²) in [6.45, 7) is 2.66. The molecule has 27 heavy (non-hydrogen) atoms. The van der Waals surface area contributed by atoms with E-state index in [-0.39, 0.29) is 11.7 Å². The highest BCUT2D eigenvalue weighted by Gasteiger charge is 2.26. The third-order valence-corrected chi connectivity index (χ3v) is 5.03. The van der Waals surface area contributed by atoms with Crippen molar-refractivity contribution in [2.75, 3.05) is 33.9 Å². The fraction of sp³-hybridized carbons (Fsp3) is 0.348. The Labute approximate surface area is 161 Å². The predicted molar refractivity (Wildman–Crippen MR) is 109 cm³/mol. The van der Waals surface area contributed by atoms with Crippen molar-refractivity contribution in [3.05, 3.63) is 65.7 Å². The highest BCUT2D eigenvalue weighted by Crippen LogP contribution is 2.23. The summed E-state index contributed by atoms with van der Waals surface area (Å²) in [5.74, 6) is 1.87. The van der Waals surface area contributed by atoms with Gasteiger partial charge in [0, 0.05) is 30.1 Å². The monoisotopic (exact) mass is 365 g/mol. The van der Waals surface area contributed by atoms with Gasteiger partial charge in [0.25, 0.3) is 0 Å². The summed E-state index contributed by atoms with van der Waals surface area (Å²) < 4.78 is 10.6. The van der Waals surface area contributed by atoms with Crippen LogP contribution >= 0.6 is 0 Å². The van der Waals surface area contributed by atoms with Crippen LogP contribution in [0.3, 0.4) is 0 Å². The number of likely N-dealkylation sites (tertiary alicyclic amines) is 1. The van der Waals surface area contributed by atoms with Crippen molar-refractivity contribution in [3.63, 3.8) is 0 Å². The zero-order chi connectivity index (χ0) is 19.1. The number of methoxy groups -OCH3 is 2. The molecular formula is C23H27NO3. The second-order valence-corrected chi connectivity index (χ2v) is 6.84. The van der Waals surface area contributed by atoms with Gasteiger partial charge in [0.2, 0.25) is 0 Å². The molecule has 0 saturated carbocycles. The van der Waals surface area contributed by atoms with Crippen LogP contribution in [0.4, 0.5) is 0 Å². The van der Waals surface area contributed by atoms with E-state index in [2.05, 4.69) is 17.1 Å². The maximum Gasteiger partial charge on any atom is 0.167 e. The van der Waals surface area contributed by atoms with Crippen LogP contribution < -0.4 is 9.47 Å². The minimum absolute atomic E-state index is 0.0468. The molecule has 1 aliphatic heterocycles. The molecule has 142 valence electrons. The molecule has 4 nitrogen and oxygen atoms in total. The SMILES string of the molecule is COc1cccc(C(=O)[C@H]2CCCN(C/C=C/c3ccccc3OC)C2)c1. The second kappa shape index (κ2) is 9.38. The summed E-state index contributed by atoms with van der Waals surface area (Å²) in [4.78, 5) is 15.2. The summed E-state index contributed by atoms with van der Waals surface area (Å²) in [6.07, 6.45) is 6.23. The summed E-state index contributed by atoms with van der Waals surface area (Å²) >= 11 is 0. The number of nitrogens with zero attached hydrogens (tertiary/aromatic N) is 1. The molecule has 2 aromatic rings. The Morgan fingerprint density at radius 1 is 1.15 bits per heavy atom. The van der Waals surface area contributed by atoms with Gasteiger partial charge in [-0.25, -0.2) is 0 Å². The largest absolute Gasteiger partial charge is 0.497 e. The average Bonchev–Trinajstić information content (AvgIpc) is 2.74. The maximum absolute atomic E-state index is 12.9. The number of para-hydroxylation sites is 1. The quantitative estimate of drug-likeness (QED) is 0.685.